The third kappa shape index (κ3) is 2.87. The summed E-state index contributed by atoms with van der Waals surface area (Å²) in [6.45, 7) is 1.15. The first-order valence-corrected chi connectivity index (χ1v) is 8.28. The molecule has 2 atom stereocenters. The van der Waals surface area contributed by atoms with Gasteiger partial charge in [-0.15, -0.1) is 0 Å². The summed E-state index contributed by atoms with van der Waals surface area (Å²) in [4.78, 5) is 0. The van der Waals surface area contributed by atoms with Crippen molar-refractivity contribution >= 4 is 10.0 Å². The van der Waals surface area contributed by atoms with Gasteiger partial charge in [-0.25, -0.2) is 12.7 Å². The molecule has 0 aromatic carbocycles. The molecule has 2 aliphatic rings. The van der Waals surface area contributed by atoms with Gasteiger partial charge in [0.1, 0.15) is 0 Å². The Hall–Kier alpha value is -0.170. The first kappa shape index (κ1) is 14.2. The second-order valence-corrected chi connectivity index (χ2v) is 7.55. The Morgan fingerprint density at radius 2 is 2.17 bits per heavy atom. The van der Waals surface area contributed by atoms with Gasteiger partial charge in [-0.05, 0) is 19.3 Å². The van der Waals surface area contributed by atoms with E-state index in [-0.39, 0.29) is 18.3 Å². The highest BCUT2D eigenvalue weighted by Crippen LogP contribution is 2.40. The summed E-state index contributed by atoms with van der Waals surface area (Å²) in [5.74, 6) is 0.145. The highest BCUT2D eigenvalue weighted by molar-refractivity contribution is 7.89. The van der Waals surface area contributed by atoms with Crippen LogP contribution in [0.2, 0.25) is 0 Å². The summed E-state index contributed by atoms with van der Waals surface area (Å²) in [5, 5.41) is 10.5. The number of aliphatic hydroxyl groups is 1. The van der Waals surface area contributed by atoms with E-state index in [1.54, 1.807) is 0 Å². The largest absolute Gasteiger partial charge is 0.390 e. The zero-order chi connectivity index (χ0) is 13.2. The molecule has 1 aliphatic carbocycles. The Morgan fingerprint density at radius 3 is 2.89 bits per heavy atom. The molecule has 1 aliphatic heterocycles. The Labute approximate surface area is 109 Å². The van der Waals surface area contributed by atoms with Crippen LogP contribution >= 0.6 is 0 Å². The maximum absolute atomic E-state index is 12.1. The molecule has 5 nitrogen and oxygen atoms in total. The molecule has 1 saturated carbocycles. The molecule has 0 aromatic rings. The number of fused-ring (bicyclic) bond motifs is 1. The minimum atomic E-state index is -3.23. The van der Waals surface area contributed by atoms with Crippen LogP contribution in [0.4, 0.5) is 0 Å². The second-order valence-electron chi connectivity index (χ2n) is 5.46. The van der Waals surface area contributed by atoms with Crippen molar-refractivity contribution in [3.63, 3.8) is 0 Å². The maximum atomic E-state index is 12.1. The van der Waals surface area contributed by atoms with E-state index in [9.17, 15) is 13.5 Å². The molecule has 2 unspecified atom stereocenters. The van der Waals surface area contributed by atoms with E-state index in [4.69, 9.17) is 4.74 Å². The predicted octanol–water partition coefficient (Wildman–Crippen LogP) is 0.590. The van der Waals surface area contributed by atoms with Crippen molar-refractivity contribution in [1.29, 1.82) is 0 Å². The minimum absolute atomic E-state index is 0.0364. The Bertz CT molecular complexity index is 384. The number of piperidine rings is 1. The molecule has 1 saturated heterocycles. The monoisotopic (exact) mass is 277 g/mol. The maximum Gasteiger partial charge on any atom is 0.216 e. The molecule has 0 amide bonds. The fourth-order valence-corrected chi connectivity index (χ4v) is 4.52. The second kappa shape index (κ2) is 5.45. The zero-order valence-electron chi connectivity index (χ0n) is 11.0. The van der Waals surface area contributed by atoms with E-state index in [1.165, 1.54) is 11.4 Å². The normalized spacial score (nSPS) is 34.2. The molecule has 1 heterocycles. The third-order valence-electron chi connectivity index (χ3n) is 4.33. The fraction of sp³-hybridized carbons (Fsp3) is 1.00. The van der Waals surface area contributed by atoms with Crippen molar-refractivity contribution in [3.8, 4) is 0 Å². The summed E-state index contributed by atoms with van der Waals surface area (Å²) < 4.78 is 30.6. The van der Waals surface area contributed by atoms with Crippen molar-refractivity contribution in [1.82, 2.24) is 4.31 Å². The molecule has 0 aromatic heterocycles. The van der Waals surface area contributed by atoms with Crippen LogP contribution in [0.1, 0.15) is 32.1 Å². The van der Waals surface area contributed by atoms with E-state index in [2.05, 4.69) is 0 Å². The quantitative estimate of drug-likeness (QED) is 0.816. The van der Waals surface area contributed by atoms with E-state index in [0.29, 0.717) is 19.5 Å². The minimum Gasteiger partial charge on any atom is -0.390 e. The molecule has 106 valence electrons. The van der Waals surface area contributed by atoms with Crippen LogP contribution in [-0.4, -0.2) is 56.0 Å². The van der Waals surface area contributed by atoms with E-state index < -0.39 is 15.6 Å². The van der Waals surface area contributed by atoms with Gasteiger partial charge < -0.3 is 9.84 Å². The Morgan fingerprint density at radius 1 is 1.39 bits per heavy atom. The van der Waals surface area contributed by atoms with Crippen LogP contribution in [0.5, 0.6) is 0 Å². The average Bonchev–Trinajstić information content (AvgIpc) is 2.35. The van der Waals surface area contributed by atoms with Gasteiger partial charge in [-0.1, -0.05) is 12.8 Å². The number of ether oxygens (including phenoxy) is 1. The summed E-state index contributed by atoms with van der Waals surface area (Å²) >= 11 is 0. The first-order valence-electron chi connectivity index (χ1n) is 6.67. The first-order chi connectivity index (χ1) is 8.48. The van der Waals surface area contributed by atoms with E-state index in [1.807, 2.05) is 0 Å². The zero-order valence-corrected chi connectivity index (χ0v) is 11.8. The predicted molar refractivity (Wildman–Crippen MR) is 68.8 cm³/mol. The molecule has 18 heavy (non-hydrogen) atoms. The molecular weight excluding hydrogens is 254 g/mol. The van der Waals surface area contributed by atoms with Crippen LogP contribution in [0.25, 0.3) is 0 Å². The summed E-state index contributed by atoms with van der Waals surface area (Å²) in [7, 11) is -1.72. The molecule has 1 N–H and O–H groups in total. The molecular formula is C12H23NO4S. The van der Waals surface area contributed by atoms with Crippen molar-refractivity contribution in [2.75, 3.05) is 32.6 Å². The number of hydrogen-bond donors (Lipinski definition) is 1. The van der Waals surface area contributed by atoms with Gasteiger partial charge in [0.05, 0.1) is 18.0 Å². The van der Waals surface area contributed by atoms with Gasteiger partial charge >= 0.3 is 0 Å². The third-order valence-corrected chi connectivity index (χ3v) is 6.13. The van der Waals surface area contributed by atoms with Gasteiger partial charge in [0.15, 0.2) is 0 Å². The topological polar surface area (TPSA) is 66.8 Å². The lowest BCUT2D eigenvalue weighted by Crippen LogP contribution is -2.55. The molecule has 2 fully saturated rings. The molecule has 0 bridgehead atoms. The van der Waals surface area contributed by atoms with Crippen molar-refractivity contribution in [2.45, 2.75) is 37.7 Å². The number of sulfonamides is 1. The van der Waals surface area contributed by atoms with Crippen molar-refractivity contribution < 1.29 is 18.3 Å². The number of rotatable bonds is 4. The fourth-order valence-electron chi connectivity index (χ4n) is 3.11. The SMILES string of the molecule is COCCS(=O)(=O)N1CCC2(O)CCCCC2C1. The van der Waals surface area contributed by atoms with Gasteiger partial charge in [0.25, 0.3) is 0 Å². The summed E-state index contributed by atoms with van der Waals surface area (Å²) in [6, 6.07) is 0. The molecule has 0 radical (unpaired) electrons. The van der Waals surface area contributed by atoms with E-state index >= 15 is 0 Å². The van der Waals surface area contributed by atoms with Crippen LogP contribution in [0.15, 0.2) is 0 Å². The van der Waals surface area contributed by atoms with E-state index in [0.717, 1.165) is 25.7 Å². The van der Waals surface area contributed by atoms with Crippen LogP contribution in [-0.2, 0) is 14.8 Å². The van der Waals surface area contributed by atoms with Crippen LogP contribution in [0, 0.1) is 5.92 Å². The van der Waals surface area contributed by atoms with Gasteiger partial charge in [-0.3, -0.25) is 0 Å². The smallest absolute Gasteiger partial charge is 0.216 e. The molecule has 6 heteroatoms. The van der Waals surface area contributed by atoms with Crippen LogP contribution in [0.3, 0.4) is 0 Å². The highest BCUT2D eigenvalue weighted by atomic mass is 32.2. The lowest BCUT2D eigenvalue weighted by molar-refractivity contribution is -0.0816. The Kier molecular flexibility index (Phi) is 4.31. The van der Waals surface area contributed by atoms with Crippen molar-refractivity contribution in [3.05, 3.63) is 0 Å². The van der Waals surface area contributed by atoms with Gasteiger partial charge in [0, 0.05) is 26.1 Å². The summed E-state index contributed by atoms with van der Waals surface area (Å²) in [6.07, 6.45) is 4.49. The lowest BCUT2D eigenvalue weighted by Gasteiger charge is -2.46. The number of hydrogen-bond acceptors (Lipinski definition) is 4. The van der Waals surface area contributed by atoms with Gasteiger partial charge in [0.2, 0.25) is 10.0 Å². The summed E-state index contributed by atoms with van der Waals surface area (Å²) in [5.41, 5.74) is -0.620. The van der Waals surface area contributed by atoms with Crippen LogP contribution < -0.4 is 0 Å². The standard InChI is InChI=1S/C12H23NO4S/c1-17-8-9-18(15,16)13-7-6-12(14)5-3-2-4-11(12)10-13/h11,14H,2-10H2,1H3. The average molecular weight is 277 g/mol. The number of nitrogens with zero attached hydrogens (tertiary/aromatic N) is 1. The van der Waals surface area contributed by atoms with Gasteiger partial charge in [-0.2, -0.15) is 0 Å². The molecule has 0 spiro atoms. The van der Waals surface area contributed by atoms with Crippen molar-refractivity contribution in [2.24, 2.45) is 5.92 Å². The Balaban J connectivity index is 2.02. The lowest BCUT2D eigenvalue weighted by atomic mass is 9.72. The molecule has 2 rings (SSSR count). The highest BCUT2D eigenvalue weighted by Gasteiger charge is 2.45. The number of methoxy groups -OCH3 is 1.